The summed E-state index contributed by atoms with van der Waals surface area (Å²) in [5.74, 6) is -0.235. The molecular weight excluding hydrogens is 390 g/mol. The SMILES string of the molecule is CCCS(=O)(=O)N1CCCCC1C(=O)Nc1ccc(Cn2ccccc2=O)cc1. The van der Waals surface area contributed by atoms with Crippen LogP contribution in [0.2, 0.25) is 0 Å². The summed E-state index contributed by atoms with van der Waals surface area (Å²) >= 11 is 0. The molecule has 156 valence electrons. The van der Waals surface area contributed by atoms with Crippen molar-refractivity contribution < 1.29 is 13.2 Å². The van der Waals surface area contributed by atoms with Crippen molar-refractivity contribution in [1.29, 1.82) is 0 Å². The molecular formula is C21H27N3O4S. The minimum Gasteiger partial charge on any atom is -0.325 e. The Morgan fingerprint density at radius 1 is 1.14 bits per heavy atom. The van der Waals surface area contributed by atoms with Crippen molar-refractivity contribution >= 4 is 21.6 Å². The monoisotopic (exact) mass is 417 g/mol. The van der Waals surface area contributed by atoms with Crippen LogP contribution in [0.25, 0.3) is 0 Å². The Bertz CT molecular complexity index is 999. The van der Waals surface area contributed by atoms with Gasteiger partial charge in [-0.25, -0.2) is 8.42 Å². The number of carbonyl (C=O) groups is 1. The van der Waals surface area contributed by atoms with E-state index >= 15 is 0 Å². The minimum atomic E-state index is -3.43. The number of rotatable bonds is 7. The lowest BCUT2D eigenvalue weighted by Crippen LogP contribution is -2.50. The van der Waals surface area contributed by atoms with E-state index in [1.165, 1.54) is 10.4 Å². The number of hydrogen-bond acceptors (Lipinski definition) is 4. The van der Waals surface area contributed by atoms with Crippen LogP contribution in [-0.4, -0.2) is 41.5 Å². The first-order valence-corrected chi connectivity index (χ1v) is 11.6. The molecule has 2 heterocycles. The zero-order valence-corrected chi connectivity index (χ0v) is 17.4. The van der Waals surface area contributed by atoms with Crippen LogP contribution in [0.5, 0.6) is 0 Å². The fourth-order valence-corrected chi connectivity index (χ4v) is 5.33. The van der Waals surface area contributed by atoms with Crippen molar-refractivity contribution in [3.63, 3.8) is 0 Å². The smallest absolute Gasteiger partial charge is 0.250 e. The zero-order valence-electron chi connectivity index (χ0n) is 16.6. The Balaban J connectivity index is 1.68. The number of carbonyl (C=O) groups excluding carboxylic acids is 1. The Hall–Kier alpha value is -2.45. The Morgan fingerprint density at radius 3 is 2.59 bits per heavy atom. The van der Waals surface area contributed by atoms with Crippen molar-refractivity contribution in [2.75, 3.05) is 17.6 Å². The molecule has 7 nitrogen and oxygen atoms in total. The highest BCUT2D eigenvalue weighted by molar-refractivity contribution is 7.89. The van der Waals surface area contributed by atoms with Crippen LogP contribution in [0.4, 0.5) is 5.69 Å². The summed E-state index contributed by atoms with van der Waals surface area (Å²) in [6, 6.07) is 11.6. The van der Waals surface area contributed by atoms with E-state index in [1.54, 1.807) is 35.0 Å². The summed E-state index contributed by atoms with van der Waals surface area (Å²) in [5.41, 5.74) is 1.47. The lowest BCUT2D eigenvalue weighted by molar-refractivity contribution is -0.120. The summed E-state index contributed by atoms with van der Waals surface area (Å²) in [4.78, 5) is 24.6. The maximum Gasteiger partial charge on any atom is 0.250 e. The average molecular weight is 418 g/mol. The molecule has 1 fully saturated rings. The third kappa shape index (κ3) is 5.33. The second-order valence-electron chi connectivity index (χ2n) is 7.29. The third-order valence-electron chi connectivity index (χ3n) is 5.05. The minimum absolute atomic E-state index is 0.0599. The number of anilines is 1. The summed E-state index contributed by atoms with van der Waals surface area (Å²) in [6.45, 7) is 2.66. The van der Waals surface area contributed by atoms with Gasteiger partial charge in [-0.3, -0.25) is 9.59 Å². The Kier molecular flexibility index (Phi) is 6.87. The maximum absolute atomic E-state index is 12.8. The van der Waals surface area contributed by atoms with E-state index < -0.39 is 16.1 Å². The Labute approximate surface area is 171 Å². The van der Waals surface area contributed by atoms with Gasteiger partial charge >= 0.3 is 0 Å². The quantitative estimate of drug-likeness (QED) is 0.749. The number of amides is 1. The molecule has 0 bridgehead atoms. The van der Waals surface area contributed by atoms with Gasteiger partial charge in [-0.2, -0.15) is 4.31 Å². The van der Waals surface area contributed by atoms with Gasteiger partial charge in [0.05, 0.1) is 12.3 Å². The third-order valence-corrected chi connectivity index (χ3v) is 7.12. The fourth-order valence-electron chi connectivity index (χ4n) is 3.58. The molecule has 8 heteroatoms. The number of nitrogens with zero attached hydrogens (tertiary/aromatic N) is 2. The standard InChI is InChI=1S/C21H27N3O4S/c1-2-15-29(27,28)24-14-6-3-7-19(24)21(26)22-18-11-9-17(10-12-18)16-23-13-5-4-8-20(23)25/h4-5,8-13,19H,2-3,6-7,14-16H2,1H3,(H,22,26). The molecule has 1 saturated heterocycles. The molecule has 0 radical (unpaired) electrons. The first-order chi connectivity index (χ1) is 13.9. The molecule has 0 spiro atoms. The molecule has 1 aromatic carbocycles. The lowest BCUT2D eigenvalue weighted by atomic mass is 10.0. The van der Waals surface area contributed by atoms with Gasteiger partial charge in [0, 0.05) is 24.5 Å². The van der Waals surface area contributed by atoms with Crippen LogP contribution in [0.1, 0.15) is 38.2 Å². The van der Waals surface area contributed by atoms with Gasteiger partial charge in [-0.1, -0.05) is 31.5 Å². The second-order valence-corrected chi connectivity index (χ2v) is 9.33. The predicted octanol–water partition coefficient (Wildman–Crippen LogP) is 2.43. The van der Waals surface area contributed by atoms with E-state index in [-0.39, 0.29) is 17.2 Å². The van der Waals surface area contributed by atoms with E-state index in [0.717, 1.165) is 18.4 Å². The van der Waals surface area contributed by atoms with Gasteiger partial charge in [-0.05, 0) is 43.0 Å². The van der Waals surface area contributed by atoms with Crippen LogP contribution in [0.3, 0.4) is 0 Å². The normalized spacial score (nSPS) is 17.8. The number of piperidine rings is 1. The van der Waals surface area contributed by atoms with Crippen LogP contribution >= 0.6 is 0 Å². The lowest BCUT2D eigenvalue weighted by Gasteiger charge is -2.33. The molecule has 0 saturated carbocycles. The van der Waals surface area contributed by atoms with Crippen molar-refractivity contribution in [3.05, 3.63) is 64.6 Å². The number of benzene rings is 1. The van der Waals surface area contributed by atoms with Crippen molar-refractivity contribution in [3.8, 4) is 0 Å². The van der Waals surface area contributed by atoms with Gasteiger partial charge in [0.15, 0.2) is 0 Å². The molecule has 1 amide bonds. The Morgan fingerprint density at radius 2 is 1.90 bits per heavy atom. The summed E-state index contributed by atoms with van der Waals surface area (Å²) in [7, 11) is -3.43. The highest BCUT2D eigenvalue weighted by atomic mass is 32.2. The van der Waals surface area contributed by atoms with Crippen molar-refractivity contribution in [2.45, 2.75) is 45.2 Å². The number of hydrogen-bond donors (Lipinski definition) is 1. The summed E-state index contributed by atoms with van der Waals surface area (Å²) in [6.07, 6.45) is 4.40. The molecule has 3 rings (SSSR count). The largest absolute Gasteiger partial charge is 0.325 e. The molecule has 1 unspecified atom stereocenters. The van der Waals surface area contributed by atoms with E-state index in [1.807, 2.05) is 19.1 Å². The molecule has 2 aromatic rings. The van der Waals surface area contributed by atoms with Crippen molar-refractivity contribution in [1.82, 2.24) is 8.87 Å². The van der Waals surface area contributed by atoms with Gasteiger partial charge in [-0.15, -0.1) is 0 Å². The van der Waals surface area contributed by atoms with Crippen LogP contribution in [0.15, 0.2) is 53.5 Å². The predicted molar refractivity (Wildman–Crippen MR) is 113 cm³/mol. The zero-order chi connectivity index (χ0) is 20.9. The molecule has 1 N–H and O–H groups in total. The number of nitrogens with one attached hydrogen (secondary N) is 1. The number of aromatic nitrogens is 1. The van der Waals surface area contributed by atoms with Crippen LogP contribution in [0, 0.1) is 0 Å². The van der Waals surface area contributed by atoms with Crippen molar-refractivity contribution in [2.24, 2.45) is 0 Å². The highest BCUT2D eigenvalue weighted by Crippen LogP contribution is 2.23. The van der Waals surface area contributed by atoms with Gasteiger partial charge < -0.3 is 9.88 Å². The molecule has 1 aromatic heterocycles. The summed E-state index contributed by atoms with van der Waals surface area (Å²) < 4.78 is 28.0. The second kappa shape index (κ2) is 9.37. The molecule has 29 heavy (non-hydrogen) atoms. The van der Waals surface area contributed by atoms with E-state index in [4.69, 9.17) is 0 Å². The van der Waals surface area contributed by atoms with Gasteiger partial charge in [0.25, 0.3) is 5.56 Å². The van der Waals surface area contributed by atoms with Gasteiger partial charge in [0.1, 0.15) is 6.04 Å². The average Bonchev–Trinajstić information content (AvgIpc) is 2.71. The first-order valence-electron chi connectivity index (χ1n) is 9.95. The number of sulfonamides is 1. The van der Waals surface area contributed by atoms with Crippen LogP contribution in [-0.2, 0) is 21.4 Å². The van der Waals surface area contributed by atoms with Crippen LogP contribution < -0.4 is 10.9 Å². The maximum atomic E-state index is 12.8. The molecule has 1 aliphatic rings. The molecule has 0 aliphatic carbocycles. The fraction of sp³-hybridized carbons (Fsp3) is 0.429. The van der Waals surface area contributed by atoms with E-state index in [9.17, 15) is 18.0 Å². The topological polar surface area (TPSA) is 88.5 Å². The van der Waals surface area contributed by atoms with E-state index in [0.29, 0.717) is 31.6 Å². The summed E-state index contributed by atoms with van der Waals surface area (Å²) in [5, 5.41) is 2.84. The van der Waals surface area contributed by atoms with Gasteiger partial charge in [0.2, 0.25) is 15.9 Å². The van der Waals surface area contributed by atoms with E-state index in [2.05, 4.69) is 5.32 Å². The number of pyridine rings is 1. The molecule has 1 aliphatic heterocycles. The first kappa shape index (κ1) is 21.3. The molecule has 1 atom stereocenters. The highest BCUT2D eigenvalue weighted by Gasteiger charge is 2.36.